The van der Waals surface area contributed by atoms with E-state index in [-0.39, 0.29) is 24.0 Å². The second-order valence-corrected chi connectivity index (χ2v) is 5.36. The Morgan fingerprint density at radius 2 is 1.92 bits per heavy atom. The molecule has 1 heterocycles. The minimum atomic E-state index is 0. The van der Waals surface area contributed by atoms with E-state index in [1.165, 1.54) is 5.56 Å². The number of ether oxygens (including phenoxy) is 1. The lowest BCUT2D eigenvalue weighted by atomic mass is 10.2. The molecular weight excluding hydrogens is 427 g/mol. The van der Waals surface area contributed by atoms with E-state index in [1.807, 2.05) is 43.5 Å². The molecule has 0 saturated heterocycles. The zero-order valence-electron chi connectivity index (χ0n) is 15.1. The van der Waals surface area contributed by atoms with Crippen LogP contribution >= 0.6 is 24.0 Å². The SMILES string of the molecule is CCNC(=NCc1ccccc1OCC)NCc1ncccc1C.I. The summed E-state index contributed by atoms with van der Waals surface area (Å²) < 4.78 is 5.65. The first-order chi connectivity index (χ1) is 11.7. The lowest BCUT2D eigenvalue weighted by Crippen LogP contribution is -2.37. The highest BCUT2D eigenvalue weighted by Crippen LogP contribution is 2.18. The first-order valence-corrected chi connectivity index (χ1v) is 8.38. The minimum absolute atomic E-state index is 0. The molecule has 0 spiro atoms. The highest BCUT2D eigenvalue weighted by molar-refractivity contribution is 14.0. The highest BCUT2D eigenvalue weighted by atomic mass is 127. The average Bonchev–Trinajstić information content (AvgIpc) is 2.60. The normalized spacial score (nSPS) is 10.8. The number of para-hydroxylation sites is 1. The fraction of sp³-hybridized carbons (Fsp3) is 0.368. The summed E-state index contributed by atoms with van der Waals surface area (Å²) in [6.07, 6.45) is 1.81. The molecule has 0 bridgehead atoms. The molecule has 1 aromatic carbocycles. The van der Waals surface area contributed by atoms with Crippen LogP contribution in [0.4, 0.5) is 0 Å². The van der Waals surface area contributed by atoms with Crippen LogP contribution in [-0.4, -0.2) is 24.1 Å². The second kappa shape index (κ2) is 11.7. The third-order valence-corrected chi connectivity index (χ3v) is 3.57. The van der Waals surface area contributed by atoms with Crippen molar-refractivity contribution in [1.29, 1.82) is 0 Å². The van der Waals surface area contributed by atoms with E-state index in [0.717, 1.165) is 29.5 Å². The lowest BCUT2D eigenvalue weighted by Gasteiger charge is -2.13. The second-order valence-electron chi connectivity index (χ2n) is 5.36. The highest BCUT2D eigenvalue weighted by Gasteiger charge is 2.04. The van der Waals surface area contributed by atoms with Gasteiger partial charge in [0.2, 0.25) is 0 Å². The van der Waals surface area contributed by atoms with Crippen molar-refractivity contribution >= 4 is 29.9 Å². The summed E-state index contributed by atoms with van der Waals surface area (Å²) in [6, 6.07) is 12.0. The summed E-state index contributed by atoms with van der Waals surface area (Å²) in [5, 5.41) is 6.60. The molecule has 1 aromatic heterocycles. The fourth-order valence-electron chi connectivity index (χ4n) is 2.31. The number of aromatic nitrogens is 1. The molecule has 5 nitrogen and oxygen atoms in total. The van der Waals surface area contributed by atoms with E-state index in [4.69, 9.17) is 4.74 Å². The maximum atomic E-state index is 5.65. The number of rotatable bonds is 7. The summed E-state index contributed by atoms with van der Waals surface area (Å²) in [5.41, 5.74) is 3.27. The number of nitrogens with zero attached hydrogens (tertiary/aromatic N) is 2. The number of hydrogen-bond acceptors (Lipinski definition) is 3. The predicted molar refractivity (Wildman–Crippen MR) is 114 cm³/mol. The monoisotopic (exact) mass is 454 g/mol. The molecule has 0 radical (unpaired) electrons. The largest absolute Gasteiger partial charge is 0.494 e. The third-order valence-electron chi connectivity index (χ3n) is 3.57. The summed E-state index contributed by atoms with van der Waals surface area (Å²) in [7, 11) is 0. The van der Waals surface area contributed by atoms with Crippen molar-refractivity contribution in [2.24, 2.45) is 4.99 Å². The number of nitrogens with one attached hydrogen (secondary N) is 2. The van der Waals surface area contributed by atoms with Crippen molar-refractivity contribution in [1.82, 2.24) is 15.6 Å². The van der Waals surface area contributed by atoms with Crippen LogP contribution in [0.3, 0.4) is 0 Å². The number of pyridine rings is 1. The Hall–Kier alpha value is -1.83. The van der Waals surface area contributed by atoms with E-state index in [1.54, 1.807) is 0 Å². The van der Waals surface area contributed by atoms with Crippen molar-refractivity contribution in [3.8, 4) is 5.75 Å². The first kappa shape index (κ1) is 21.2. The van der Waals surface area contributed by atoms with Gasteiger partial charge in [0.05, 0.1) is 25.4 Å². The maximum Gasteiger partial charge on any atom is 0.191 e. The van der Waals surface area contributed by atoms with E-state index in [2.05, 4.69) is 40.5 Å². The molecule has 0 amide bonds. The van der Waals surface area contributed by atoms with Crippen molar-refractivity contribution < 1.29 is 4.74 Å². The van der Waals surface area contributed by atoms with Gasteiger partial charge in [0.15, 0.2) is 5.96 Å². The van der Waals surface area contributed by atoms with E-state index in [0.29, 0.717) is 19.7 Å². The molecule has 2 N–H and O–H groups in total. The zero-order valence-corrected chi connectivity index (χ0v) is 17.4. The van der Waals surface area contributed by atoms with Crippen LogP contribution in [0.5, 0.6) is 5.75 Å². The number of halogens is 1. The van der Waals surface area contributed by atoms with Gasteiger partial charge in [-0.2, -0.15) is 0 Å². The number of hydrogen-bond donors (Lipinski definition) is 2. The minimum Gasteiger partial charge on any atom is -0.494 e. The predicted octanol–water partition coefficient (Wildman–Crippen LogP) is 3.66. The molecule has 136 valence electrons. The van der Waals surface area contributed by atoms with E-state index < -0.39 is 0 Å². The van der Waals surface area contributed by atoms with E-state index >= 15 is 0 Å². The Morgan fingerprint density at radius 1 is 1.12 bits per heavy atom. The summed E-state index contributed by atoms with van der Waals surface area (Å²) >= 11 is 0. The zero-order chi connectivity index (χ0) is 17.2. The van der Waals surface area contributed by atoms with Gasteiger partial charge in [0.25, 0.3) is 0 Å². The molecule has 0 atom stereocenters. The van der Waals surface area contributed by atoms with Gasteiger partial charge in [-0.25, -0.2) is 4.99 Å². The molecule has 2 aromatic rings. The van der Waals surface area contributed by atoms with Crippen LogP contribution < -0.4 is 15.4 Å². The van der Waals surface area contributed by atoms with Crippen LogP contribution in [0.2, 0.25) is 0 Å². The maximum absolute atomic E-state index is 5.65. The van der Waals surface area contributed by atoms with Gasteiger partial charge in [0.1, 0.15) is 5.75 Å². The molecule has 2 rings (SSSR count). The smallest absolute Gasteiger partial charge is 0.191 e. The molecular formula is C19H27IN4O. The molecule has 0 aliphatic heterocycles. The van der Waals surface area contributed by atoms with Crippen molar-refractivity contribution in [2.45, 2.75) is 33.9 Å². The summed E-state index contributed by atoms with van der Waals surface area (Å²) in [4.78, 5) is 9.06. The Morgan fingerprint density at radius 3 is 2.64 bits per heavy atom. The van der Waals surface area contributed by atoms with Crippen molar-refractivity contribution in [3.05, 3.63) is 59.4 Å². The summed E-state index contributed by atoms with van der Waals surface area (Å²) in [6.45, 7) is 8.76. The fourth-order valence-corrected chi connectivity index (χ4v) is 2.31. The van der Waals surface area contributed by atoms with Crippen LogP contribution in [0.15, 0.2) is 47.6 Å². The van der Waals surface area contributed by atoms with Crippen molar-refractivity contribution in [2.75, 3.05) is 13.2 Å². The third kappa shape index (κ3) is 6.89. The lowest BCUT2D eigenvalue weighted by molar-refractivity contribution is 0.336. The van der Waals surface area contributed by atoms with Gasteiger partial charge in [-0.1, -0.05) is 24.3 Å². The summed E-state index contributed by atoms with van der Waals surface area (Å²) in [5.74, 6) is 1.66. The Labute approximate surface area is 167 Å². The number of aliphatic imine (C=N–C) groups is 1. The van der Waals surface area contributed by atoms with Crippen LogP contribution in [0.25, 0.3) is 0 Å². The van der Waals surface area contributed by atoms with Crippen LogP contribution in [0.1, 0.15) is 30.7 Å². The molecule has 0 unspecified atom stereocenters. The van der Waals surface area contributed by atoms with Gasteiger partial charge in [-0.3, -0.25) is 4.98 Å². The Kier molecular flexibility index (Phi) is 9.91. The molecule has 6 heteroatoms. The quantitative estimate of drug-likeness (QED) is 0.381. The first-order valence-electron chi connectivity index (χ1n) is 8.38. The molecule has 0 fully saturated rings. The average molecular weight is 454 g/mol. The topological polar surface area (TPSA) is 58.5 Å². The van der Waals surface area contributed by atoms with Gasteiger partial charge in [-0.15, -0.1) is 24.0 Å². The standard InChI is InChI=1S/C19H26N4O.HI/c1-4-20-19(23-14-17-15(3)9-8-12-21-17)22-13-16-10-6-7-11-18(16)24-5-2;/h6-12H,4-5,13-14H2,1-3H3,(H2,20,22,23);1H. The number of aryl methyl sites for hydroxylation is 1. The van der Waals surface area contributed by atoms with Gasteiger partial charge >= 0.3 is 0 Å². The van der Waals surface area contributed by atoms with Crippen LogP contribution in [-0.2, 0) is 13.1 Å². The molecule has 0 saturated carbocycles. The number of benzene rings is 1. The van der Waals surface area contributed by atoms with E-state index in [9.17, 15) is 0 Å². The van der Waals surface area contributed by atoms with Gasteiger partial charge in [0, 0.05) is 18.3 Å². The number of guanidine groups is 1. The Balaban J connectivity index is 0.00000312. The molecule has 0 aliphatic carbocycles. The Bertz CT molecular complexity index is 676. The van der Waals surface area contributed by atoms with Crippen molar-refractivity contribution in [3.63, 3.8) is 0 Å². The molecule has 25 heavy (non-hydrogen) atoms. The van der Waals surface area contributed by atoms with Crippen LogP contribution in [0, 0.1) is 6.92 Å². The van der Waals surface area contributed by atoms with Gasteiger partial charge < -0.3 is 15.4 Å². The molecule has 0 aliphatic rings. The van der Waals surface area contributed by atoms with Gasteiger partial charge in [-0.05, 0) is 38.5 Å².